The standard InChI is InChI=1S/C17H20BrNO4S/c1-11-5-6-13(18)9-17(11)24(20,21)19-12(2)15-10-14(22-3)7-8-16(15)23-4/h5-10,12,19H,1-4H3/t12-/m0/s1. The van der Waals surface area contributed by atoms with Gasteiger partial charge in [0, 0.05) is 16.1 Å². The normalized spacial score (nSPS) is 12.7. The third-order valence-electron chi connectivity index (χ3n) is 3.68. The first-order valence-corrected chi connectivity index (χ1v) is 9.56. The van der Waals surface area contributed by atoms with Gasteiger partial charge in [-0.1, -0.05) is 22.0 Å². The molecule has 0 saturated heterocycles. The number of rotatable bonds is 6. The summed E-state index contributed by atoms with van der Waals surface area (Å²) in [6, 6.07) is 9.95. The van der Waals surface area contributed by atoms with Gasteiger partial charge in [0.2, 0.25) is 10.0 Å². The van der Waals surface area contributed by atoms with E-state index in [-0.39, 0.29) is 4.90 Å². The average molecular weight is 414 g/mol. The molecule has 2 rings (SSSR count). The van der Waals surface area contributed by atoms with Crippen LogP contribution in [-0.4, -0.2) is 22.6 Å². The average Bonchev–Trinajstić information content (AvgIpc) is 2.55. The molecule has 0 aliphatic heterocycles. The van der Waals surface area contributed by atoms with Crippen molar-refractivity contribution >= 4 is 26.0 Å². The van der Waals surface area contributed by atoms with Crippen molar-refractivity contribution in [2.75, 3.05) is 14.2 Å². The number of hydrogen-bond donors (Lipinski definition) is 1. The Kier molecular flexibility index (Phi) is 5.90. The molecule has 130 valence electrons. The molecule has 0 saturated carbocycles. The molecule has 0 aliphatic rings. The largest absolute Gasteiger partial charge is 0.497 e. The Morgan fingerprint density at radius 3 is 2.42 bits per heavy atom. The molecular formula is C17H20BrNO4S. The van der Waals surface area contributed by atoms with Crippen LogP contribution in [0.3, 0.4) is 0 Å². The first kappa shape index (κ1) is 18.8. The fourth-order valence-electron chi connectivity index (χ4n) is 2.40. The zero-order chi connectivity index (χ0) is 17.9. The summed E-state index contributed by atoms with van der Waals surface area (Å²) in [5.74, 6) is 1.23. The van der Waals surface area contributed by atoms with Gasteiger partial charge >= 0.3 is 0 Å². The number of sulfonamides is 1. The highest BCUT2D eigenvalue weighted by Crippen LogP contribution is 2.30. The lowest BCUT2D eigenvalue weighted by Crippen LogP contribution is -2.27. The van der Waals surface area contributed by atoms with Gasteiger partial charge in [0.05, 0.1) is 19.1 Å². The van der Waals surface area contributed by atoms with Gasteiger partial charge in [-0.05, 0) is 49.7 Å². The minimum Gasteiger partial charge on any atom is -0.497 e. The zero-order valence-electron chi connectivity index (χ0n) is 14.0. The number of hydrogen-bond acceptors (Lipinski definition) is 4. The topological polar surface area (TPSA) is 64.6 Å². The van der Waals surface area contributed by atoms with E-state index in [0.717, 1.165) is 0 Å². The Labute approximate surface area is 151 Å². The molecule has 0 heterocycles. The minimum absolute atomic E-state index is 0.241. The first-order valence-electron chi connectivity index (χ1n) is 7.29. The zero-order valence-corrected chi connectivity index (χ0v) is 16.4. The molecule has 0 aromatic heterocycles. The molecule has 0 aliphatic carbocycles. The van der Waals surface area contributed by atoms with Crippen LogP contribution >= 0.6 is 15.9 Å². The maximum atomic E-state index is 12.7. The maximum absolute atomic E-state index is 12.7. The Morgan fingerprint density at radius 1 is 1.08 bits per heavy atom. The summed E-state index contributed by atoms with van der Waals surface area (Å²) in [7, 11) is -0.574. The number of benzene rings is 2. The van der Waals surface area contributed by atoms with Crippen LogP contribution in [0.5, 0.6) is 11.5 Å². The van der Waals surface area contributed by atoms with Crippen LogP contribution in [0.2, 0.25) is 0 Å². The lowest BCUT2D eigenvalue weighted by atomic mass is 10.1. The van der Waals surface area contributed by atoms with Gasteiger partial charge in [-0.15, -0.1) is 0 Å². The second kappa shape index (κ2) is 7.55. The highest BCUT2D eigenvalue weighted by Gasteiger charge is 2.22. The third-order valence-corrected chi connectivity index (χ3v) is 5.85. The van der Waals surface area contributed by atoms with E-state index in [4.69, 9.17) is 9.47 Å². The van der Waals surface area contributed by atoms with Crippen LogP contribution in [0.25, 0.3) is 0 Å². The molecule has 0 amide bonds. The molecule has 5 nitrogen and oxygen atoms in total. The lowest BCUT2D eigenvalue weighted by Gasteiger charge is -2.19. The van der Waals surface area contributed by atoms with E-state index in [2.05, 4.69) is 20.7 Å². The Balaban J connectivity index is 2.38. The van der Waals surface area contributed by atoms with Crippen molar-refractivity contribution in [1.82, 2.24) is 4.72 Å². The van der Waals surface area contributed by atoms with E-state index in [9.17, 15) is 8.42 Å². The van der Waals surface area contributed by atoms with E-state index >= 15 is 0 Å². The van der Waals surface area contributed by atoms with Crippen LogP contribution < -0.4 is 14.2 Å². The molecule has 0 fully saturated rings. The van der Waals surface area contributed by atoms with Gasteiger partial charge in [0.25, 0.3) is 0 Å². The SMILES string of the molecule is COc1ccc(OC)c([C@H](C)NS(=O)(=O)c2cc(Br)ccc2C)c1. The van der Waals surface area contributed by atoms with Gasteiger partial charge in [0.1, 0.15) is 11.5 Å². The summed E-state index contributed by atoms with van der Waals surface area (Å²) >= 11 is 3.31. The van der Waals surface area contributed by atoms with Gasteiger partial charge < -0.3 is 9.47 Å². The van der Waals surface area contributed by atoms with Crippen molar-refractivity contribution in [2.45, 2.75) is 24.8 Å². The van der Waals surface area contributed by atoms with E-state index < -0.39 is 16.1 Å². The highest BCUT2D eigenvalue weighted by atomic mass is 79.9. The maximum Gasteiger partial charge on any atom is 0.241 e. The molecule has 2 aromatic rings. The fourth-order valence-corrected chi connectivity index (χ4v) is 4.41. The summed E-state index contributed by atoms with van der Waals surface area (Å²) in [5.41, 5.74) is 1.38. The smallest absolute Gasteiger partial charge is 0.241 e. The Morgan fingerprint density at radius 2 is 1.79 bits per heavy atom. The Hall–Kier alpha value is -1.57. The minimum atomic E-state index is -3.68. The number of ether oxygens (including phenoxy) is 2. The summed E-state index contributed by atoms with van der Waals surface area (Å²) in [4.78, 5) is 0.241. The number of halogens is 1. The van der Waals surface area contributed by atoms with Gasteiger partial charge in [-0.2, -0.15) is 0 Å². The van der Waals surface area contributed by atoms with Crippen LogP contribution in [-0.2, 0) is 10.0 Å². The van der Waals surface area contributed by atoms with Gasteiger partial charge in [0.15, 0.2) is 0 Å². The van der Waals surface area contributed by atoms with Crippen molar-refractivity contribution in [3.05, 3.63) is 52.0 Å². The van der Waals surface area contributed by atoms with E-state index in [1.54, 1.807) is 58.4 Å². The predicted molar refractivity (Wildman–Crippen MR) is 97.2 cm³/mol. The molecule has 0 spiro atoms. The first-order chi connectivity index (χ1) is 11.3. The monoisotopic (exact) mass is 413 g/mol. The molecule has 0 unspecified atom stereocenters. The fraction of sp³-hybridized carbons (Fsp3) is 0.294. The van der Waals surface area contributed by atoms with Crippen LogP contribution in [0, 0.1) is 6.92 Å². The molecular weight excluding hydrogens is 394 g/mol. The van der Waals surface area contributed by atoms with Crippen molar-refractivity contribution in [3.63, 3.8) is 0 Å². The second-order valence-electron chi connectivity index (χ2n) is 5.36. The molecule has 7 heteroatoms. The Bertz CT molecular complexity index is 836. The third kappa shape index (κ3) is 4.09. The van der Waals surface area contributed by atoms with Crippen molar-refractivity contribution < 1.29 is 17.9 Å². The van der Waals surface area contributed by atoms with Gasteiger partial charge in [-0.25, -0.2) is 13.1 Å². The van der Waals surface area contributed by atoms with E-state index in [0.29, 0.717) is 27.1 Å². The predicted octanol–water partition coefficient (Wildman–Crippen LogP) is 3.81. The van der Waals surface area contributed by atoms with Crippen LogP contribution in [0.15, 0.2) is 45.8 Å². The second-order valence-corrected chi connectivity index (χ2v) is 7.96. The van der Waals surface area contributed by atoms with E-state index in [1.807, 2.05) is 6.07 Å². The van der Waals surface area contributed by atoms with E-state index in [1.165, 1.54) is 0 Å². The molecule has 24 heavy (non-hydrogen) atoms. The summed E-state index contributed by atoms with van der Waals surface area (Å²) < 4.78 is 39.4. The molecule has 0 radical (unpaired) electrons. The summed E-state index contributed by atoms with van der Waals surface area (Å²) in [5, 5.41) is 0. The molecule has 1 atom stereocenters. The highest BCUT2D eigenvalue weighted by molar-refractivity contribution is 9.10. The number of aryl methyl sites for hydroxylation is 1. The summed E-state index contributed by atoms with van der Waals surface area (Å²) in [6.07, 6.45) is 0. The number of methoxy groups -OCH3 is 2. The molecule has 1 N–H and O–H groups in total. The van der Waals surface area contributed by atoms with Crippen molar-refractivity contribution in [2.24, 2.45) is 0 Å². The lowest BCUT2D eigenvalue weighted by molar-refractivity contribution is 0.395. The molecule has 2 aromatic carbocycles. The quantitative estimate of drug-likeness (QED) is 0.781. The molecule has 0 bridgehead atoms. The van der Waals surface area contributed by atoms with Crippen molar-refractivity contribution in [1.29, 1.82) is 0 Å². The summed E-state index contributed by atoms with van der Waals surface area (Å²) in [6.45, 7) is 3.53. The van der Waals surface area contributed by atoms with Crippen LogP contribution in [0.1, 0.15) is 24.1 Å². The van der Waals surface area contributed by atoms with Gasteiger partial charge in [-0.3, -0.25) is 0 Å². The number of nitrogens with one attached hydrogen (secondary N) is 1. The van der Waals surface area contributed by atoms with Crippen molar-refractivity contribution in [3.8, 4) is 11.5 Å². The van der Waals surface area contributed by atoms with Crippen LogP contribution in [0.4, 0.5) is 0 Å².